The molecule has 0 amide bonds. The Labute approximate surface area is 102 Å². The summed E-state index contributed by atoms with van der Waals surface area (Å²) in [7, 11) is 0. The molecule has 0 spiro atoms. The van der Waals surface area contributed by atoms with Gasteiger partial charge in [0.2, 0.25) is 0 Å². The molecule has 0 radical (unpaired) electrons. The van der Waals surface area contributed by atoms with Crippen LogP contribution in [0.4, 0.5) is 0 Å². The molecule has 1 aromatic rings. The quantitative estimate of drug-likeness (QED) is 0.738. The summed E-state index contributed by atoms with van der Waals surface area (Å²) in [5, 5.41) is 4.29. The van der Waals surface area contributed by atoms with Crippen LogP contribution in [0.2, 0.25) is 0 Å². The van der Waals surface area contributed by atoms with E-state index in [2.05, 4.69) is 12.0 Å². The van der Waals surface area contributed by atoms with E-state index >= 15 is 0 Å². The number of carbonyl (C=O) groups is 1. The Morgan fingerprint density at radius 1 is 1.59 bits per heavy atom. The molecule has 0 aromatic carbocycles. The maximum Gasteiger partial charge on any atom is 0.307 e. The van der Waals surface area contributed by atoms with Gasteiger partial charge in [-0.2, -0.15) is 5.10 Å². The zero-order valence-corrected chi connectivity index (χ0v) is 10.6. The van der Waals surface area contributed by atoms with Gasteiger partial charge in [0, 0.05) is 12.4 Å². The lowest BCUT2D eigenvalue weighted by molar-refractivity contribution is -0.145. The maximum absolute atomic E-state index is 11.7. The molecule has 1 aliphatic rings. The molecule has 1 saturated carbocycles. The van der Waals surface area contributed by atoms with Crippen molar-refractivity contribution in [2.45, 2.75) is 45.6 Å². The fourth-order valence-corrected chi connectivity index (χ4v) is 2.57. The largest absolute Gasteiger partial charge is 0.466 e. The maximum atomic E-state index is 11.7. The highest BCUT2D eigenvalue weighted by Crippen LogP contribution is 2.50. The minimum Gasteiger partial charge on any atom is -0.466 e. The first-order valence-electron chi connectivity index (χ1n) is 6.30. The average molecular weight is 236 g/mol. The highest BCUT2D eigenvalue weighted by molar-refractivity contribution is 5.70. The third kappa shape index (κ3) is 2.51. The second-order valence-corrected chi connectivity index (χ2v) is 5.02. The summed E-state index contributed by atoms with van der Waals surface area (Å²) in [5.41, 5.74) is 0.193. The zero-order valence-electron chi connectivity index (χ0n) is 10.6. The van der Waals surface area contributed by atoms with Gasteiger partial charge in [-0.15, -0.1) is 0 Å². The van der Waals surface area contributed by atoms with Crippen LogP contribution >= 0.6 is 0 Å². The van der Waals surface area contributed by atoms with E-state index in [9.17, 15) is 4.79 Å². The first-order valence-corrected chi connectivity index (χ1v) is 6.30. The molecule has 1 atom stereocenters. The summed E-state index contributed by atoms with van der Waals surface area (Å²) in [6, 6.07) is 2.03. The second-order valence-electron chi connectivity index (χ2n) is 5.02. The number of nitrogens with zero attached hydrogens (tertiary/aromatic N) is 2. The summed E-state index contributed by atoms with van der Waals surface area (Å²) in [5.74, 6) is -0.124. The van der Waals surface area contributed by atoms with Crippen molar-refractivity contribution in [2.24, 2.45) is 5.41 Å². The number of rotatable bonds is 5. The molecule has 4 nitrogen and oxygen atoms in total. The molecule has 1 fully saturated rings. The van der Waals surface area contributed by atoms with E-state index in [4.69, 9.17) is 4.74 Å². The lowest BCUT2D eigenvalue weighted by Crippen LogP contribution is -2.38. The Hall–Kier alpha value is -1.32. The van der Waals surface area contributed by atoms with Crippen LogP contribution in [-0.4, -0.2) is 22.4 Å². The smallest absolute Gasteiger partial charge is 0.307 e. The van der Waals surface area contributed by atoms with E-state index in [0.717, 1.165) is 12.8 Å². The summed E-state index contributed by atoms with van der Waals surface area (Å²) in [6.45, 7) is 4.52. The van der Waals surface area contributed by atoms with Gasteiger partial charge in [0.15, 0.2) is 0 Å². The molecule has 94 valence electrons. The van der Waals surface area contributed by atoms with Crippen molar-refractivity contribution in [3.8, 4) is 0 Å². The lowest BCUT2D eigenvalue weighted by atomic mass is 9.64. The number of ether oxygens (including phenoxy) is 1. The van der Waals surface area contributed by atoms with Gasteiger partial charge in [0.25, 0.3) is 0 Å². The van der Waals surface area contributed by atoms with Gasteiger partial charge in [0.05, 0.1) is 19.1 Å². The molecule has 1 unspecified atom stereocenters. The number of carbonyl (C=O) groups excluding carboxylic acids is 1. The van der Waals surface area contributed by atoms with Gasteiger partial charge in [0.1, 0.15) is 0 Å². The van der Waals surface area contributed by atoms with Crippen molar-refractivity contribution < 1.29 is 9.53 Å². The summed E-state index contributed by atoms with van der Waals surface area (Å²) >= 11 is 0. The van der Waals surface area contributed by atoms with Gasteiger partial charge >= 0.3 is 5.97 Å². The number of hydrogen-bond acceptors (Lipinski definition) is 3. The molecule has 0 saturated heterocycles. The predicted octanol–water partition coefficient (Wildman–Crippen LogP) is 2.57. The lowest BCUT2D eigenvalue weighted by Gasteiger charge is -2.44. The molecule has 0 bridgehead atoms. The first-order chi connectivity index (χ1) is 8.15. The normalized spacial score (nSPS) is 19.4. The Morgan fingerprint density at radius 2 is 2.35 bits per heavy atom. The molecular formula is C13H20N2O2. The molecule has 1 heterocycles. The molecule has 17 heavy (non-hydrogen) atoms. The Kier molecular flexibility index (Phi) is 3.50. The van der Waals surface area contributed by atoms with Crippen LogP contribution in [0.3, 0.4) is 0 Å². The van der Waals surface area contributed by atoms with Crippen LogP contribution in [0.25, 0.3) is 0 Å². The summed E-state index contributed by atoms with van der Waals surface area (Å²) < 4.78 is 6.97. The van der Waals surface area contributed by atoms with Crippen molar-refractivity contribution in [1.29, 1.82) is 0 Å². The molecule has 4 heteroatoms. The standard InChI is InChI=1S/C13H20N2O2/c1-3-17-12(16)10-11(13(2)6-4-7-13)15-9-5-8-14-15/h5,8-9,11H,3-4,6-7,10H2,1-2H3. The van der Waals surface area contributed by atoms with E-state index in [0.29, 0.717) is 13.0 Å². The van der Waals surface area contributed by atoms with Crippen molar-refractivity contribution >= 4 is 5.97 Å². The van der Waals surface area contributed by atoms with Crippen molar-refractivity contribution in [3.63, 3.8) is 0 Å². The molecule has 2 rings (SSSR count). The zero-order chi connectivity index (χ0) is 12.3. The predicted molar refractivity (Wildman–Crippen MR) is 64.5 cm³/mol. The topological polar surface area (TPSA) is 44.1 Å². The summed E-state index contributed by atoms with van der Waals surface area (Å²) in [4.78, 5) is 11.7. The van der Waals surface area contributed by atoms with E-state index in [-0.39, 0.29) is 17.4 Å². The van der Waals surface area contributed by atoms with Crippen molar-refractivity contribution in [1.82, 2.24) is 9.78 Å². The average Bonchev–Trinajstić information content (AvgIpc) is 2.76. The number of esters is 1. The van der Waals surface area contributed by atoms with E-state index in [1.165, 1.54) is 6.42 Å². The number of aromatic nitrogens is 2. The molecule has 1 aromatic heterocycles. The van der Waals surface area contributed by atoms with Crippen LogP contribution in [-0.2, 0) is 9.53 Å². The minimum absolute atomic E-state index is 0.124. The van der Waals surface area contributed by atoms with Gasteiger partial charge < -0.3 is 4.74 Å². The van der Waals surface area contributed by atoms with E-state index in [1.807, 2.05) is 23.9 Å². The SMILES string of the molecule is CCOC(=O)CC(n1cccn1)C1(C)CCC1. The Balaban J connectivity index is 2.11. The molecule has 0 N–H and O–H groups in total. The van der Waals surface area contributed by atoms with E-state index in [1.54, 1.807) is 6.20 Å². The molecule has 0 aliphatic heterocycles. The van der Waals surface area contributed by atoms with Gasteiger partial charge in [-0.05, 0) is 31.2 Å². The third-order valence-corrected chi connectivity index (χ3v) is 3.81. The fraction of sp³-hybridized carbons (Fsp3) is 0.692. The van der Waals surface area contributed by atoms with E-state index < -0.39 is 0 Å². The van der Waals surface area contributed by atoms with Gasteiger partial charge in [-0.1, -0.05) is 13.3 Å². The highest BCUT2D eigenvalue weighted by atomic mass is 16.5. The summed E-state index contributed by atoms with van der Waals surface area (Å²) in [6.07, 6.45) is 7.70. The van der Waals surface area contributed by atoms with Crippen molar-refractivity contribution in [2.75, 3.05) is 6.61 Å². The third-order valence-electron chi connectivity index (χ3n) is 3.81. The Morgan fingerprint density at radius 3 is 2.82 bits per heavy atom. The van der Waals surface area contributed by atoms with Crippen LogP contribution in [0, 0.1) is 5.41 Å². The van der Waals surface area contributed by atoms with Crippen LogP contribution in [0.1, 0.15) is 45.6 Å². The Bertz CT molecular complexity index is 369. The van der Waals surface area contributed by atoms with Gasteiger partial charge in [-0.3, -0.25) is 9.48 Å². The molecular weight excluding hydrogens is 216 g/mol. The van der Waals surface area contributed by atoms with Crippen molar-refractivity contribution in [3.05, 3.63) is 18.5 Å². The minimum atomic E-state index is -0.124. The highest BCUT2D eigenvalue weighted by Gasteiger charge is 2.42. The van der Waals surface area contributed by atoms with Gasteiger partial charge in [-0.25, -0.2) is 0 Å². The first kappa shape index (κ1) is 12.1. The number of hydrogen-bond donors (Lipinski definition) is 0. The molecule has 1 aliphatic carbocycles. The second kappa shape index (κ2) is 4.90. The van der Waals surface area contributed by atoms with Crippen LogP contribution in [0.15, 0.2) is 18.5 Å². The van der Waals surface area contributed by atoms with Crippen LogP contribution in [0.5, 0.6) is 0 Å². The fourth-order valence-electron chi connectivity index (χ4n) is 2.57. The van der Waals surface area contributed by atoms with Crippen LogP contribution < -0.4 is 0 Å². The monoisotopic (exact) mass is 236 g/mol.